The van der Waals surface area contributed by atoms with E-state index in [1.165, 1.54) is 0 Å². The topological polar surface area (TPSA) is 74.6 Å². The highest BCUT2D eigenvalue weighted by molar-refractivity contribution is 9.10. The maximum absolute atomic E-state index is 9.54. The molecule has 0 saturated carbocycles. The molecule has 0 aliphatic carbocycles. The molecule has 0 unspecified atom stereocenters. The molecule has 0 radical (unpaired) electrons. The number of nitriles is 1. The minimum Gasteiger partial charge on any atom is -0.490 e. The molecule has 0 amide bonds. The molecule has 0 atom stereocenters. The fourth-order valence-electron chi connectivity index (χ4n) is 2.27. The molecule has 0 aliphatic heterocycles. The quantitative estimate of drug-likeness (QED) is 0.670. The molecule has 3 aromatic rings. The van der Waals surface area contributed by atoms with Gasteiger partial charge in [-0.2, -0.15) is 5.26 Å². The second-order valence-corrected chi connectivity index (χ2v) is 6.40. The first kappa shape index (κ1) is 16.2. The number of allylic oxidation sites excluding steroid dienone is 1. The highest BCUT2D eigenvalue weighted by Gasteiger charge is 2.11. The van der Waals surface area contributed by atoms with Gasteiger partial charge in [0.1, 0.15) is 11.8 Å². The van der Waals surface area contributed by atoms with Crippen molar-refractivity contribution in [3.63, 3.8) is 0 Å². The molecule has 3 rings (SSSR count). The lowest BCUT2D eigenvalue weighted by atomic mass is 10.1. The van der Waals surface area contributed by atoms with Gasteiger partial charge in [0.05, 0.1) is 17.2 Å². The zero-order valence-electron chi connectivity index (χ0n) is 13.2. The average Bonchev–Trinajstić information content (AvgIpc) is 2.96. The number of pyridine rings is 1. The summed E-state index contributed by atoms with van der Waals surface area (Å²) in [6.07, 6.45) is 3.50. The zero-order valence-corrected chi connectivity index (χ0v) is 14.8. The molecule has 24 heavy (non-hydrogen) atoms. The van der Waals surface area contributed by atoms with Gasteiger partial charge in [-0.15, -0.1) is 0 Å². The first-order valence-corrected chi connectivity index (χ1v) is 8.25. The lowest BCUT2D eigenvalue weighted by Gasteiger charge is -2.12. The summed E-state index contributed by atoms with van der Waals surface area (Å²) in [5.41, 5.74) is 2.59. The minimum atomic E-state index is 0.0536. The van der Waals surface area contributed by atoms with Crippen LogP contribution in [0.2, 0.25) is 0 Å². The smallest absolute Gasteiger partial charge is 0.178 e. The molecule has 0 spiro atoms. The average molecular weight is 383 g/mol. The summed E-state index contributed by atoms with van der Waals surface area (Å²) >= 11 is 3.38. The number of ether oxygens (including phenoxy) is 1. The van der Waals surface area contributed by atoms with Gasteiger partial charge in [-0.3, -0.25) is 0 Å². The van der Waals surface area contributed by atoms with Gasteiger partial charge in [-0.05, 0) is 48.0 Å². The van der Waals surface area contributed by atoms with Crippen LogP contribution >= 0.6 is 15.9 Å². The van der Waals surface area contributed by atoms with Crippen LogP contribution in [0.1, 0.15) is 25.2 Å². The number of rotatable bonds is 4. The Morgan fingerprint density at radius 1 is 1.38 bits per heavy atom. The second-order valence-electron chi connectivity index (χ2n) is 5.48. The van der Waals surface area contributed by atoms with Crippen molar-refractivity contribution in [3.05, 3.63) is 52.4 Å². The van der Waals surface area contributed by atoms with Crippen molar-refractivity contribution >= 4 is 38.7 Å². The highest BCUT2D eigenvalue weighted by atomic mass is 79.9. The summed E-state index contributed by atoms with van der Waals surface area (Å²) in [6, 6.07) is 11.7. The Kier molecular flexibility index (Phi) is 4.63. The summed E-state index contributed by atoms with van der Waals surface area (Å²) < 4.78 is 6.65. The molecule has 1 aromatic carbocycles. The number of hydrogen-bond acceptors (Lipinski definition) is 4. The number of fused-ring (bicyclic) bond motifs is 1. The van der Waals surface area contributed by atoms with Gasteiger partial charge in [0.2, 0.25) is 0 Å². The Bertz CT molecular complexity index is 953. The number of imidazole rings is 1. The molecular weight excluding hydrogens is 368 g/mol. The molecule has 0 bridgehead atoms. The molecule has 120 valence electrons. The Hall–Kier alpha value is -2.65. The molecule has 1 N–H and O–H groups in total. The number of nitrogens with zero attached hydrogens (tertiary/aromatic N) is 3. The normalized spacial score (nSPS) is 11.7. The zero-order chi connectivity index (χ0) is 17.1. The number of aromatic nitrogens is 3. The van der Waals surface area contributed by atoms with Crippen LogP contribution < -0.4 is 4.74 Å². The maximum atomic E-state index is 9.54. The fourth-order valence-corrected chi connectivity index (χ4v) is 2.60. The number of aromatic amines is 1. The van der Waals surface area contributed by atoms with Crippen molar-refractivity contribution in [3.8, 4) is 11.8 Å². The minimum absolute atomic E-state index is 0.0536. The van der Waals surface area contributed by atoms with Crippen LogP contribution in [-0.2, 0) is 0 Å². The number of halogens is 1. The van der Waals surface area contributed by atoms with Crippen molar-refractivity contribution in [2.24, 2.45) is 0 Å². The molecule has 2 aromatic heterocycles. The summed E-state index contributed by atoms with van der Waals surface area (Å²) in [6.45, 7) is 3.93. The van der Waals surface area contributed by atoms with Crippen molar-refractivity contribution < 1.29 is 4.74 Å². The highest BCUT2D eigenvalue weighted by Crippen LogP contribution is 2.25. The molecule has 6 heteroatoms. The van der Waals surface area contributed by atoms with Gasteiger partial charge >= 0.3 is 0 Å². The van der Waals surface area contributed by atoms with E-state index >= 15 is 0 Å². The molecule has 0 aliphatic rings. The van der Waals surface area contributed by atoms with E-state index in [-0.39, 0.29) is 6.10 Å². The second kappa shape index (κ2) is 6.85. The van der Waals surface area contributed by atoms with Crippen LogP contribution in [0.25, 0.3) is 22.8 Å². The van der Waals surface area contributed by atoms with E-state index in [1.54, 1.807) is 12.3 Å². The van der Waals surface area contributed by atoms with E-state index in [0.717, 1.165) is 21.3 Å². The van der Waals surface area contributed by atoms with Crippen molar-refractivity contribution in [2.45, 2.75) is 20.0 Å². The third kappa shape index (κ3) is 3.47. The lowest BCUT2D eigenvalue weighted by Crippen LogP contribution is -2.06. The number of nitrogens with one attached hydrogen (secondary N) is 1. The van der Waals surface area contributed by atoms with Crippen molar-refractivity contribution in [1.29, 1.82) is 5.26 Å². The van der Waals surface area contributed by atoms with E-state index < -0.39 is 0 Å². The van der Waals surface area contributed by atoms with Gasteiger partial charge < -0.3 is 9.72 Å². The largest absolute Gasteiger partial charge is 0.490 e. The SMILES string of the molecule is CC(C)Oc1ccccc1C=C(C#N)c1nc2ncc(Br)cc2[nH]1. The summed E-state index contributed by atoms with van der Waals surface area (Å²) in [5, 5.41) is 9.54. The predicted octanol–water partition coefficient (Wildman–Crippen LogP) is 4.57. The molecule has 2 heterocycles. The predicted molar refractivity (Wildman–Crippen MR) is 97.3 cm³/mol. The van der Waals surface area contributed by atoms with Crippen LogP contribution in [0.3, 0.4) is 0 Å². The Morgan fingerprint density at radius 3 is 2.92 bits per heavy atom. The van der Waals surface area contributed by atoms with Gasteiger partial charge in [0.15, 0.2) is 11.5 Å². The number of benzene rings is 1. The van der Waals surface area contributed by atoms with Crippen molar-refractivity contribution in [2.75, 3.05) is 0 Å². The maximum Gasteiger partial charge on any atom is 0.178 e. The van der Waals surface area contributed by atoms with E-state index in [2.05, 4.69) is 37.0 Å². The monoisotopic (exact) mass is 382 g/mol. The third-order valence-corrected chi connectivity index (χ3v) is 3.69. The van der Waals surface area contributed by atoms with Gasteiger partial charge in [-0.1, -0.05) is 18.2 Å². The fraction of sp³-hybridized carbons (Fsp3) is 0.167. The third-order valence-electron chi connectivity index (χ3n) is 3.26. The molecule has 5 nitrogen and oxygen atoms in total. The Morgan fingerprint density at radius 2 is 2.17 bits per heavy atom. The van der Waals surface area contributed by atoms with Crippen LogP contribution in [-0.4, -0.2) is 21.1 Å². The summed E-state index contributed by atoms with van der Waals surface area (Å²) in [4.78, 5) is 11.8. The van der Waals surface area contributed by atoms with E-state index in [1.807, 2.05) is 44.2 Å². The van der Waals surface area contributed by atoms with Crippen molar-refractivity contribution in [1.82, 2.24) is 15.0 Å². The van der Waals surface area contributed by atoms with Gasteiger partial charge in [0.25, 0.3) is 0 Å². The van der Waals surface area contributed by atoms with E-state index in [0.29, 0.717) is 17.0 Å². The lowest BCUT2D eigenvalue weighted by molar-refractivity contribution is 0.242. The first-order valence-electron chi connectivity index (χ1n) is 7.46. The number of hydrogen-bond donors (Lipinski definition) is 1. The van der Waals surface area contributed by atoms with Gasteiger partial charge in [0, 0.05) is 16.2 Å². The number of para-hydroxylation sites is 1. The first-order chi connectivity index (χ1) is 11.6. The number of H-pyrrole nitrogens is 1. The van der Waals surface area contributed by atoms with E-state index in [4.69, 9.17) is 4.74 Å². The summed E-state index contributed by atoms with van der Waals surface area (Å²) in [7, 11) is 0. The van der Waals surface area contributed by atoms with Crippen LogP contribution in [0.4, 0.5) is 0 Å². The molecule has 0 saturated heterocycles. The van der Waals surface area contributed by atoms with E-state index in [9.17, 15) is 5.26 Å². The standard InChI is InChI=1S/C18H15BrN4O/c1-11(2)24-16-6-4-3-5-12(16)7-13(9-20)17-22-15-8-14(19)10-21-18(15)23-17/h3-8,10-11H,1-2H3,(H,21,22,23). The summed E-state index contributed by atoms with van der Waals surface area (Å²) in [5.74, 6) is 1.22. The Labute approximate surface area is 148 Å². The van der Waals surface area contributed by atoms with Crippen LogP contribution in [0, 0.1) is 11.3 Å². The van der Waals surface area contributed by atoms with Crippen LogP contribution in [0.15, 0.2) is 41.0 Å². The Balaban J connectivity index is 2.05. The molecular formula is C18H15BrN4O. The van der Waals surface area contributed by atoms with Crippen LogP contribution in [0.5, 0.6) is 5.75 Å². The molecule has 0 fully saturated rings. The van der Waals surface area contributed by atoms with Gasteiger partial charge in [-0.25, -0.2) is 9.97 Å².